The topological polar surface area (TPSA) is 85.2 Å². The molecule has 0 atom stereocenters. The molecule has 1 heterocycles. The summed E-state index contributed by atoms with van der Waals surface area (Å²) in [6.07, 6.45) is 0. The van der Waals surface area contributed by atoms with Crippen molar-refractivity contribution in [2.24, 2.45) is 0 Å². The van der Waals surface area contributed by atoms with Gasteiger partial charge in [-0.25, -0.2) is 8.42 Å². The Balaban J connectivity index is 1.51. The number of hydrogen-bond acceptors (Lipinski definition) is 5. The van der Waals surface area contributed by atoms with Gasteiger partial charge in [-0.05, 0) is 24.3 Å². The number of hydrogen-bond donors (Lipinski definition) is 1. The summed E-state index contributed by atoms with van der Waals surface area (Å²) in [5.41, 5.74) is 0. The molecule has 0 saturated carbocycles. The SMILES string of the molecule is O=S(=O)(CC[NH+]1CCN(S(=O)(=O)c2ccccc2)CC1)Oc1ccccc1. The van der Waals surface area contributed by atoms with Crippen LogP contribution < -0.4 is 9.08 Å². The summed E-state index contributed by atoms with van der Waals surface area (Å²) >= 11 is 0. The van der Waals surface area contributed by atoms with Gasteiger partial charge in [0.05, 0.1) is 37.6 Å². The first-order chi connectivity index (χ1) is 12.9. The molecule has 0 aromatic heterocycles. The molecule has 27 heavy (non-hydrogen) atoms. The third kappa shape index (κ3) is 5.29. The van der Waals surface area contributed by atoms with Gasteiger partial charge in [0, 0.05) is 0 Å². The first-order valence-corrected chi connectivity index (χ1v) is 11.7. The predicted octanol–water partition coefficient (Wildman–Crippen LogP) is -0.0154. The number of piperazine rings is 1. The van der Waals surface area contributed by atoms with E-state index in [4.69, 9.17) is 4.18 Å². The minimum absolute atomic E-state index is 0.108. The van der Waals surface area contributed by atoms with Crippen LogP contribution in [0, 0.1) is 0 Å². The van der Waals surface area contributed by atoms with Crippen LogP contribution in [-0.2, 0) is 20.1 Å². The van der Waals surface area contributed by atoms with Crippen LogP contribution >= 0.6 is 0 Å². The Hall–Kier alpha value is -1.94. The zero-order valence-electron chi connectivity index (χ0n) is 14.8. The standard InChI is InChI=1S/C18H22N2O5S2/c21-26(22,25-17-7-3-1-4-8-17)16-15-19-11-13-20(14-12-19)27(23,24)18-9-5-2-6-10-18/h1-10H,11-16H2/p+1. The first kappa shape index (κ1) is 19.8. The van der Waals surface area contributed by atoms with Crippen LogP contribution in [0.5, 0.6) is 5.75 Å². The van der Waals surface area contributed by atoms with Gasteiger partial charge in [-0.2, -0.15) is 12.7 Å². The van der Waals surface area contributed by atoms with Gasteiger partial charge in [-0.1, -0.05) is 36.4 Å². The molecule has 1 fully saturated rings. The Labute approximate surface area is 160 Å². The molecular formula is C18H23N2O5S2+. The quantitative estimate of drug-likeness (QED) is 0.648. The molecule has 0 aliphatic carbocycles. The first-order valence-electron chi connectivity index (χ1n) is 8.73. The van der Waals surface area contributed by atoms with Crippen LogP contribution in [0.15, 0.2) is 65.6 Å². The maximum Gasteiger partial charge on any atom is 0.314 e. The number of nitrogens with one attached hydrogen (secondary N) is 1. The molecule has 0 bridgehead atoms. The molecule has 1 N–H and O–H groups in total. The van der Waals surface area contributed by atoms with Gasteiger partial charge in [0.15, 0.2) is 0 Å². The Morgan fingerprint density at radius 1 is 0.852 bits per heavy atom. The Kier molecular flexibility index (Phi) is 6.15. The van der Waals surface area contributed by atoms with Crippen molar-refractivity contribution in [2.75, 3.05) is 38.5 Å². The highest BCUT2D eigenvalue weighted by molar-refractivity contribution is 7.89. The van der Waals surface area contributed by atoms with E-state index in [0.29, 0.717) is 38.5 Å². The summed E-state index contributed by atoms with van der Waals surface area (Å²) in [6.45, 7) is 2.24. The third-order valence-electron chi connectivity index (χ3n) is 4.48. The largest absolute Gasteiger partial charge is 0.382 e. The molecule has 2 aromatic rings. The van der Waals surface area contributed by atoms with Gasteiger partial charge >= 0.3 is 10.1 Å². The Morgan fingerprint density at radius 3 is 2.00 bits per heavy atom. The summed E-state index contributed by atoms with van der Waals surface area (Å²) in [5, 5.41) is 0. The molecule has 1 aliphatic heterocycles. The molecule has 146 valence electrons. The molecule has 7 nitrogen and oxygen atoms in total. The Morgan fingerprint density at radius 2 is 1.41 bits per heavy atom. The minimum Gasteiger partial charge on any atom is -0.382 e. The van der Waals surface area contributed by atoms with Crippen LogP contribution in [0.25, 0.3) is 0 Å². The normalized spacial score (nSPS) is 16.9. The smallest absolute Gasteiger partial charge is 0.314 e. The van der Waals surface area contributed by atoms with E-state index in [1.807, 2.05) is 0 Å². The van der Waals surface area contributed by atoms with E-state index >= 15 is 0 Å². The molecular weight excluding hydrogens is 388 g/mol. The molecule has 0 unspecified atom stereocenters. The van der Waals surface area contributed by atoms with Crippen molar-refractivity contribution in [3.63, 3.8) is 0 Å². The number of quaternary nitrogens is 1. The summed E-state index contributed by atoms with van der Waals surface area (Å²) in [4.78, 5) is 1.34. The van der Waals surface area contributed by atoms with Crippen molar-refractivity contribution in [3.05, 3.63) is 60.7 Å². The maximum atomic E-state index is 12.6. The van der Waals surface area contributed by atoms with E-state index in [2.05, 4.69) is 0 Å². The second-order valence-electron chi connectivity index (χ2n) is 6.38. The van der Waals surface area contributed by atoms with Crippen LogP contribution in [0.1, 0.15) is 0 Å². The van der Waals surface area contributed by atoms with Crippen molar-refractivity contribution in [2.45, 2.75) is 4.90 Å². The van der Waals surface area contributed by atoms with E-state index in [0.717, 1.165) is 4.90 Å². The van der Waals surface area contributed by atoms with Gasteiger partial charge in [0.1, 0.15) is 11.5 Å². The van der Waals surface area contributed by atoms with Crippen LogP contribution in [-0.4, -0.2) is 59.6 Å². The average Bonchev–Trinajstić information content (AvgIpc) is 2.68. The van der Waals surface area contributed by atoms with Gasteiger partial charge in [-0.3, -0.25) is 0 Å². The lowest BCUT2D eigenvalue weighted by Gasteiger charge is -2.31. The number of benzene rings is 2. The zero-order chi connectivity index (χ0) is 19.3. The molecule has 9 heteroatoms. The van der Waals surface area contributed by atoms with E-state index < -0.39 is 20.1 Å². The number of sulfonamides is 1. The van der Waals surface area contributed by atoms with Crippen molar-refractivity contribution in [1.82, 2.24) is 4.31 Å². The van der Waals surface area contributed by atoms with Crippen molar-refractivity contribution < 1.29 is 25.9 Å². The second kappa shape index (κ2) is 8.39. The summed E-state index contributed by atoms with van der Waals surface area (Å²) < 4.78 is 56.0. The van der Waals surface area contributed by atoms with Crippen LogP contribution in [0.3, 0.4) is 0 Å². The molecule has 1 aliphatic rings. The highest BCUT2D eigenvalue weighted by Crippen LogP contribution is 2.15. The summed E-state index contributed by atoms with van der Waals surface area (Å²) in [5.74, 6) is 0.189. The lowest BCUT2D eigenvalue weighted by atomic mass is 10.3. The number of para-hydroxylation sites is 1. The summed E-state index contributed by atoms with van der Waals surface area (Å²) in [6, 6.07) is 16.7. The third-order valence-corrected chi connectivity index (χ3v) is 7.55. The molecule has 0 radical (unpaired) electrons. The van der Waals surface area contributed by atoms with Crippen LogP contribution in [0.4, 0.5) is 0 Å². The number of nitrogens with zero attached hydrogens (tertiary/aromatic N) is 1. The molecule has 0 amide bonds. The van der Waals surface area contributed by atoms with E-state index in [1.165, 1.54) is 4.31 Å². The zero-order valence-corrected chi connectivity index (χ0v) is 16.5. The van der Waals surface area contributed by atoms with Crippen molar-refractivity contribution in [3.8, 4) is 5.75 Å². The Bertz CT molecular complexity index is 940. The minimum atomic E-state index is -3.67. The van der Waals surface area contributed by atoms with E-state index in [1.54, 1.807) is 60.7 Å². The van der Waals surface area contributed by atoms with Gasteiger partial charge in [0.25, 0.3) is 0 Å². The summed E-state index contributed by atoms with van der Waals surface area (Å²) in [7, 11) is -7.16. The highest BCUT2D eigenvalue weighted by Gasteiger charge is 2.30. The molecule has 1 saturated heterocycles. The van der Waals surface area contributed by atoms with E-state index in [-0.39, 0.29) is 10.6 Å². The fourth-order valence-electron chi connectivity index (χ4n) is 2.97. The van der Waals surface area contributed by atoms with Gasteiger partial charge in [0.2, 0.25) is 10.0 Å². The molecule has 0 spiro atoms. The molecule has 3 rings (SSSR count). The lowest BCUT2D eigenvalue weighted by molar-refractivity contribution is -0.901. The van der Waals surface area contributed by atoms with Crippen molar-refractivity contribution >= 4 is 20.1 Å². The lowest BCUT2D eigenvalue weighted by Crippen LogP contribution is -3.15. The maximum absolute atomic E-state index is 12.6. The second-order valence-corrected chi connectivity index (χ2v) is 10.0. The monoisotopic (exact) mass is 411 g/mol. The average molecular weight is 412 g/mol. The van der Waals surface area contributed by atoms with Gasteiger partial charge in [-0.15, -0.1) is 0 Å². The highest BCUT2D eigenvalue weighted by atomic mass is 32.2. The fraction of sp³-hybridized carbons (Fsp3) is 0.333. The fourth-order valence-corrected chi connectivity index (χ4v) is 5.46. The molecule has 2 aromatic carbocycles. The predicted molar refractivity (Wildman–Crippen MR) is 102 cm³/mol. The van der Waals surface area contributed by atoms with E-state index in [9.17, 15) is 16.8 Å². The van der Waals surface area contributed by atoms with Crippen LogP contribution in [0.2, 0.25) is 0 Å². The number of rotatable bonds is 7. The van der Waals surface area contributed by atoms with Crippen molar-refractivity contribution in [1.29, 1.82) is 0 Å². The van der Waals surface area contributed by atoms with Gasteiger partial charge < -0.3 is 9.08 Å².